The Morgan fingerprint density at radius 1 is 1.21 bits per heavy atom. The van der Waals surface area contributed by atoms with E-state index < -0.39 is 0 Å². The van der Waals surface area contributed by atoms with Gasteiger partial charge in [0, 0.05) is 30.9 Å². The molecule has 1 aliphatic heterocycles. The second-order valence-electron chi connectivity index (χ2n) is 5.68. The molecule has 0 bridgehead atoms. The van der Waals surface area contributed by atoms with Crippen molar-refractivity contribution < 1.29 is 9.47 Å². The van der Waals surface area contributed by atoms with Crippen LogP contribution in [0.3, 0.4) is 0 Å². The minimum atomic E-state index is 0.0310. The molecule has 0 fully saturated rings. The quantitative estimate of drug-likeness (QED) is 0.904. The third kappa shape index (κ3) is 2.78. The fourth-order valence-electron chi connectivity index (χ4n) is 2.42. The van der Waals surface area contributed by atoms with E-state index in [9.17, 15) is 0 Å². The third-order valence-electron chi connectivity index (χ3n) is 3.74. The summed E-state index contributed by atoms with van der Waals surface area (Å²) in [6, 6.07) is 4.15. The maximum atomic E-state index is 5.67. The van der Waals surface area contributed by atoms with E-state index in [1.54, 1.807) is 0 Å². The molecule has 106 valence electrons. The van der Waals surface area contributed by atoms with Gasteiger partial charge in [0.1, 0.15) is 13.2 Å². The van der Waals surface area contributed by atoms with Crippen molar-refractivity contribution in [2.24, 2.45) is 0 Å². The van der Waals surface area contributed by atoms with Gasteiger partial charge < -0.3 is 19.7 Å². The number of anilines is 1. The monoisotopic (exact) mass is 264 g/mol. The molecule has 0 atom stereocenters. The van der Waals surface area contributed by atoms with Crippen LogP contribution in [0.5, 0.6) is 11.5 Å². The van der Waals surface area contributed by atoms with Crippen molar-refractivity contribution in [3.8, 4) is 11.5 Å². The van der Waals surface area contributed by atoms with Crippen molar-refractivity contribution in [1.82, 2.24) is 5.32 Å². The number of nitrogens with zero attached hydrogens (tertiary/aromatic N) is 1. The molecule has 4 heteroatoms. The van der Waals surface area contributed by atoms with Gasteiger partial charge in [-0.15, -0.1) is 0 Å². The van der Waals surface area contributed by atoms with Gasteiger partial charge in [-0.1, -0.05) is 0 Å². The van der Waals surface area contributed by atoms with Crippen LogP contribution >= 0.6 is 0 Å². The van der Waals surface area contributed by atoms with Crippen molar-refractivity contribution in [2.45, 2.75) is 26.3 Å². The molecule has 1 aromatic rings. The Hall–Kier alpha value is -1.42. The summed E-state index contributed by atoms with van der Waals surface area (Å²) in [7, 11) is 4.10. The van der Waals surface area contributed by atoms with E-state index in [-0.39, 0.29) is 5.54 Å². The lowest BCUT2D eigenvalue weighted by atomic mass is 10.0. The highest BCUT2D eigenvalue weighted by Gasteiger charge is 2.25. The second kappa shape index (κ2) is 5.29. The Morgan fingerprint density at radius 2 is 1.79 bits per heavy atom. The minimum absolute atomic E-state index is 0.0310. The number of benzene rings is 1. The maximum absolute atomic E-state index is 5.67. The van der Waals surface area contributed by atoms with E-state index in [0.29, 0.717) is 13.2 Å². The second-order valence-corrected chi connectivity index (χ2v) is 5.68. The summed E-state index contributed by atoms with van der Waals surface area (Å²) in [6.07, 6.45) is 0. The number of nitrogens with one attached hydrogen (secondary N) is 1. The fourth-order valence-corrected chi connectivity index (χ4v) is 2.42. The summed E-state index contributed by atoms with van der Waals surface area (Å²) in [5.41, 5.74) is 2.42. The average Bonchev–Trinajstić information content (AvgIpc) is 2.37. The molecule has 0 saturated heterocycles. The van der Waals surface area contributed by atoms with Gasteiger partial charge >= 0.3 is 0 Å². The largest absolute Gasteiger partial charge is 0.486 e. The van der Waals surface area contributed by atoms with E-state index in [1.165, 1.54) is 11.3 Å². The van der Waals surface area contributed by atoms with Crippen LogP contribution in [0, 0.1) is 6.92 Å². The summed E-state index contributed by atoms with van der Waals surface area (Å²) < 4.78 is 11.3. The molecule has 4 nitrogen and oxygen atoms in total. The van der Waals surface area contributed by atoms with Gasteiger partial charge in [-0.2, -0.15) is 0 Å². The van der Waals surface area contributed by atoms with Gasteiger partial charge in [0.25, 0.3) is 0 Å². The molecule has 0 aliphatic carbocycles. The van der Waals surface area contributed by atoms with Crippen LogP contribution in [0.2, 0.25) is 0 Å². The van der Waals surface area contributed by atoms with Crippen LogP contribution in [0.4, 0.5) is 5.69 Å². The smallest absolute Gasteiger partial charge is 0.163 e. The number of rotatable bonds is 4. The summed E-state index contributed by atoms with van der Waals surface area (Å²) >= 11 is 0. The Kier molecular flexibility index (Phi) is 3.90. The zero-order valence-electron chi connectivity index (χ0n) is 12.5. The van der Waals surface area contributed by atoms with Gasteiger partial charge in [0.15, 0.2) is 11.5 Å². The number of hydrogen-bond acceptors (Lipinski definition) is 4. The number of likely N-dealkylation sites (N-methyl/N-ethyl adjacent to an activating group) is 2. The predicted molar refractivity (Wildman–Crippen MR) is 78.6 cm³/mol. The fraction of sp³-hybridized carbons (Fsp3) is 0.600. The van der Waals surface area contributed by atoms with Gasteiger partial charge in [-0.25, -0.2) is 0 Å². The minimum Gasteiger partial charge on any atom is -0.486 e. The normalized spacial score (nSPS) is 14.4. The Labute approximate surface area is 115 Å². The molecular weight excluding hydrogens is 240 g/mol. The number of ether oxygens (including phenoxy) is 2. The van der Waals surface area contributed by atoms with E-state index in [4.69, 9.17) is 9.47 Å². The molecule has 19 heavy (non-hydrogen) atoms. The van der Waals surface area contributed by atoms with Gasteiger partial charge in [-0.3, -0.25) is 0 Å². The molecule has 1 aliphatic rings. The van der Waals surface area contributed by atoms with Crippen LogP contribution in [0.25, 0.3) is 0 Å². The zero-order valence-corrected chi connectivity index (χ0v) is 12.5. The SMILES string of the molecule is CNCC(C)(C)N(C)c1cc2c(cc1C)OCCO2. The zero-order chi connectivity index (χ0) is 14.0. The summed E-state index contributed by atoms with van der Waals surface area (Å²) in [6.45, 7) is 8.72. The highest BCUT2D eigenvalue weighted by atomic mass is 16.6. The lowest BCUT2D eigenvalue weighted by Gasteiger charge is -2.38. The molecule has 2 rings (SSSR count). The summed E-state index contributed by atoms with van der Waals surface area (Å²) in [5.74, 6) is 1.70. The predicted octanol–water partition coefficient (Wildman–Crippen LogP) is 2.20. The standard InChI is InChI=1S/C15H24N2O2/c1-11-8-13-14(19-7-6-18-13)9-12(11)17(5)15(2,3)10-16-4/h8-9,16H,6-7,10H2,1-5H3. The van der Waals surface area contributed by atoms with Crippen LogP contribution in [-0.4, -0.2) is 39.4 Å². The number of hydrogen-bond donors (Lipinski definition) is 1. The Bertz CT molecular complexity index is 458. The first kappa shape index (κ1) is 14.0. The molecule has 1 aromatic carbocycles. The lowest BCUT2D eigenvalue weighted by molar-refractivity contribution is 0.171. The van der Waals surface area contributed by atoms with E-state index in [1.807, 2.05) is 7.05 Å². The van der Waals surface area contributed by atoms with Crippen molar-refractivity contribution >= 4 is 5.69 Å². The average molecular weight is 264 g/mol. The molecule has 0 saturated carbocycles. The third-order valence-corrected chi connectivity index (χ3v) is 3.74. The molecule has 1 N–H and O–H groups in total. The first-order valence-corrected chi connectivity index (χ1v) is 6.74. The summed E-state index contributed by atoms with van der Waals surface area (Å²) in [4.78, 5) is 2.29. The van der Waals surface area contributed by atoms with Crippen molar-refractivity contribution in [3.63, 3.8) is 0 Å². The summed E-state index contributed by atoms with van der Waals surface area (Å²) in [5, 5.41) is 3.24. The number of aryl methyl sites for hydroxylation is 1. The van der Waals surface area contributed by atoms with Gasteiger partial charge in [0.2, 0.25) is 0 Å². The van der Waals surface area contributed by atoms with Crippen molar-refractivity contribution in [1.29, 1.82) is 0 Å². The first-order valence-electron chi connectivity index (χ1n) is 6.74. The van der Waals surface area contributed by atoms with Crippen LogP contribution in [0.15, 0.2) is 12.1 Å². The highest BCUT2D eigenvalue weighted by molar-refractivity contribution is 5.62. The Morgan fingerprint density at radius 3 is 2.37 bits per heavy atom. The van der Waals surface area contributed by atoms with E-state index >= 15 is 0 Å². The molecule has 0 radical (unpaired) electrons. The molecule has 0 aromatic heterocycles. The van der Waals surface area contributed by atoms with Crippen molar-refractivity contribution in [2.75, 3.05) is 38.8 Å². The molecule has 0 spiro atoms. The number of fused-ring (bicyclic) bond motifs is 1. The highest BCUT2D eigenvalue weighted by Crippen LogP contribution is 2.38. The van der Waals surface area contributed by atoms with Crippen LogP contribution < -0.4 is 19.7 Å². The van der Waals surface area contributed by atoms with Crippen LogP contribution in [0.1, 0.15) is 19.4 Å². The van der Waals surface area contributed by atoms with Gasteiger partial charge in [0.05, 0.1) is 0 Å². The first-order chi connectivity index (χ1) is 8.95. The maximum Gasteiger partial charge on any atom is 0.163 e. The molecular formula is C15H24N2O2. The molecule has 0 amide bonds. The van der Waals surface area contributed by atoms with E-state index in [2.05, 4.69) is 50.2 Å². The van der Waals surface area contributed by atoms with Gasteiger partial charge in [-0.05, 0) is 39.4 Å². The topological polar surface area (TPSA) is 33.7 Å². The Balaban J connectivity index is 2.34. The van der Waals surface area contributed by atoms with E-state index in [0.717, 1.165) is 18.0 Å². The van der Waals surface area contributed by atoms with Crippen LogP contribution in [-0.2, 0) is 0 Å². The van der Waals surface area contributed by atoms with Crippen molar-refractivity contribution in [3.05, 3.63) is 17.7 Å². The molecule has 1 heterocycles. The molecule has 0 unspecified atom stereocenters. The lowest BCUT2D eigenvalue weighted by Crippen LogP contribution is -2.48.